The maximum Gasteiger partial charge on any atom is 0.241 e. The van der Waals surface area contributed by atoms with Crippen molar-refractivity contribution in [3.63, 3.8) is 0 Å². The van der Waals surface area contributed by atoms with Crippen LogP contribution in [0.15, 0.2) is 24.3 Å². The van der Waals surface area contributed by atoms with Crippen LogP contribution in [0.3, 0.4) is 0 Å². The quantitative estimate of drug-likeness (QED) is 0.726. The number of benzene rings is 1. The fourth-order valence-electron chi connectivity index (χ4n) is 1.99. The zero-order valence-electron chi connectivity index (χ0n) is 10.7. The van der Waals surface area contributed by atoms with E-state index in [0.717, 1.165) is 11.4 Å². The molecule has 0 spiro atoms. The SMILES string of the molecule is CN(C)c1ccc(NC(=O)C2CC(O)CN2)cc1. The molecule has 0 aromatic heterocycles. The Morgan fingerprint density at radius 3 is 2.56 bits per heavy atom. The molecule has 1 saturated heterocycles. The second kappa shape index (κ2) is 5.37. The van der Waals surface area contributed by atoms with E-state index in [1.165, 1.54) is 0 Å². The topological polar surface area (TPSA) is 64.6 Å². The Morgan fingerprint density at radius 1 is 1.39 bits per heavy atom. The number of aliphatic hydroxyl groups excluding tert-OH is 1. The van der Waals surface area contributed by atoms with Gasteiger partial charge in [0, 0.05) is 32.0 Å². The van der Waals surface area contributed by atoms with Gasteiger partial charge in [0.1, 0.15) is 0 Å². The molecule has 5 nitrogen and oxygen atoms in total. The number of amides is 1. The van der Waals surface area contributed by atoms with Gasteiger partial charge in [-0.3, -0.25) is 4.79 Å². The molecule has 98 valence electrons. The Morgan fingerprint density at radius 2 is 2.06 bits per heavy atom. The standard InChI is InChI=1S/C13H19N3O2/c1-16(2)10-5-3-9(4-6-10)15-13(18)12-7-11(17)8-14-12/h3-6,11-12,14,17H,7-8H2,1-2H3,(H,15,18). The van der Waals surface area contributed by atoms with Crippen LogP contribution < -0.4 is 15.5 Å². The van der Waals surface area contributed by atoms with Gasteiger partial charge in [-0.25, -0.2) is 0 Å². The zero-order valence-corrected chi connectivity index (χ0v) is 10.7. The summed E-state index contributed by atoms with van der Waals surface area (Å²) in [6.45, 7) is 0.484. The van der Waals surface area contributed by atoms with Gasteiger partial charge in [-0.1, -0.05) is 0 Å². The first-order valence-corrected chi connectivity index (χ1v) is 6.06. The summed E-state index contributed by atoms with van der Waals surface area (Å²) in [4.78, 5) is 13.9. The van der Waals surface area contributed by atoms with Crippen molar-refractivity contribution < 1.29 is 9.90 Å². The molecule has 3 N–H and O–H groups in total. The summed E-state index contributed by atoms with van der Waals surface area (Å²) in [7, 11) is 3.94. The minimum absolute atomic E-state index is 0.0934. The van der Waals surface area contributed by atoms with Crippen LogP contribution >= 0.6 is 0 Å². The molecule has 5 heteroatoms. The van der Waals surface area contributed by atoms with E-state index in [-0.39, 0.29) is 11.9 Å². The van der Waals surface area contributed by atoms with Crippen LogP contribution in [0.1, 0.15) is 6.42 Å². The summed E-state index contributed by atoms with van der Waals surface area (Å²) in [5.74, 6) is -0.0934. The Balaban J connectivity index is 1.95. The van der Waals surface area contributed by atoms with Crippen molar-refractivity contribution in [3.8, 4) is 0 Å². The van der Waals surface area contributed by atoms with Crippen LogP contribution in [0.25, 0.3) is 0 Å². The van der Waals surface area contributed by atoms with Crippen LogP contribution in [0, 0.1) is 0 Å². The Hall–Kier alpha value is -1.59. The highest BCUT2D eigenvalue weighted by molar-refractivity contribution is 5.95. The number of anilines is 2. The van der Waals surface area contributed by atoms with E-state index in [4.69, 9.17) is 0 Å². The molecule has 0 bridgehead atoms. The molecule has 0 saturated carbocycles. The maximum atomic E-state index is 11.9. The second-order valence-electron chi connectivity index (χ2n) is 4.78. The molecule has 2 atom stereocenters. The van der Waals surface area contributed by atoms with Gasteiger partial charge in [-0.05, 0) is 30.7 Å². The van der Waals surface area contributed by atoms with Crippen LogP contribution in [-0.4, -0.2) is 43.8 Å². The summed E-state index contributed by atoms with van der Waals surface area (Å²) < 4.78 is 0. The molecule has 0 radical (unpaired) electrons. The van der Waals surface area contributed by atoms with Crippen molar-refractivity contribution in [2.24, 2.45) is 0 Å². The largest absolute Gasteiger partial charge is 0.392 e. The van der Waals surface area contributed by atoms with Crippen molar-refractivity contribution in [2.45, 2.75) is 18.6 Å². The number of β-amino-alcohol motifs (C(OH)–C–C–N with tert-alkyl or cyclic N) is 1. The van der Waals surface area contributed by atoms with Gasteiger partial charge in [0.05, 0.1) is 12.1 Å². The van der Waals surface area contributed by atoms with Gasteiger partial charge in [-0.15, -0.1) is 0 Å². The van der Waals surface area contributed by atoms with Crippen molar-refractivity contribution in [1.82, 2.24) is 5.32 Å². The van der Waals surface area contributed by atoms with Gasteiger partial charge in [0.25, 0.3) is 0 Å². The molecular formula is C13H19N3O2. The fourth-order valence-corrected chi connectivity index (χ4v) is 1.99. The number of rotatable bonds is 3. The summed E-state index contributed by atoms with van der Waals surface area (Å²) >= 11 is 0. The van der Waals surface area contributed by atoms with Gasteiger partial charge < -0.3 is 20.6 Å². The minimum Gasteiger partial charge on any atom is -0.392 e. The average molecular weight is 249 g/mol. The fraction of sp³-hybridized carbons (Fsp3) is 0.462. The van der Waals surface area contributed by atoms with Gasteiger partial charge in [-0.2, -0.15) is 0 Å². The molecule has 1 amide bonds. The highest BCUT2D eigenvalue weighted by atomic mass is 16.3. The number of aliphatic hydroxyl groups is 1. The van der Waals surface area contributed by atoms with Crippen molar-refractivity contribution >= 4 is 17.3 Å². The molecule has 1 aliphatic rings. The summed E-state index contributed by atoms with van der Waals surface area (Å²) in [6, 6.07) is 7.35. The molecule has 0 aliphatic carbocycles. The van der Waals surface area contributed by atoms with Gasteiger partial charge in [0.15, 0.2) is 0 Å². The summed E-state index contributed by atoms with van der Waals surface area (Å²) in [5, 5.41) is 15.2. The zero-order chi connectivity index (χ0) is 13.1. The number of hydrogen-bond donors (Lipinski definition) is 3. The van der Waals surface area contributed by atoms with E-state index in [9.17, 15) is 9.90 Å². The molecule has 1 aromatic carbocycles. The molecular weight excluding hydrogens is 230 g/mol. The molecule has 18 heavy (non-hydrogen) atoms. The Bertz CT molecular complexity index is 417. The molecule has 1 fully saturated rings. The third kappa shape index (κ3) is 3.00. The van der Waals surface area contributed by atoms with E-state index in [0.29, 0.717) is 13.0 Å². The first kappa shape index (κ1) is 12.9. The molecule has 2 unspecified atom stereocenters. The molecule has 1 aromatic rings. The van der Waals surface area contributed by atoms with Crippen molar-refractivity contribution in [1.29, 1.82) is 0 Å². The lowest BCUT2D eigenvalue weighted by Crippen LogP contribution is -2.35. The highest BCUT2D eigenvalue weighted by Gasteiger charge is 2.27. The van der Waals surface area contributed by atoms with Crippen LogP contribution in [-0.2, 0) is 4.79 Å². The highest BCUT2D eigenvalue weighted by Crippen LogP contribution is 2.16. The number of hydrogen-bond acceptors (Lipinski definition) is 4. The van der Waals surface area contributed by atoms with Crippen LogP contribution in [0.2, 0.25) is 0 Å². The van der Waals surface area contributed by atoms with E-state index in [1.54, 1.807) is 0 Å². The number of carbonyl (C=O) groups excluding carboxylic acids is 1. The average Bonchev–Trinajstić information content (AvgIpc) is 2.76. The van der Waals surface area contributed by atoms with Gasteiger partial charge >= 0.3 is 0 Å². The first-order valence-electron chi connectivity index (χ1n) is 6.06. The molecule has 1 heterocycles. The Labute approximate surface area is 107 Å². The molecule has 1 aliphatic heterocycles. The van der Waals surface area contributed by atoms with Crippen LogP contribution in [0.4, 0.5) is 11.4 Å². The normalized spacial score (nSPS) is 22.8. The monoisotopic (exact) mass is 249 g/mol. The lowest BCUT2D eigenvalue weighted by Gasteiger charge is -2.14. The van der Waals surface area contributed by atoms with E-state index in [1.807, 2.05) is 43.3 Å². The van der Waals surface area contributed by atoms with E-state index < -0.39 is 6.10 Å². The minimum atomic E-state index is -0.420. The number of nitrogens with one attached hydrogen (secondary N) is 2. The predicted molar refractivity (Wildman–Crippen MR) is 71.8 cm³/mol. The summed E-state index contributed by atoms with van der Waals surface area (Å²) in [6.07, 6.45) is 0.0543. The van der Waals surface area contributed by atoms with Crippen molar-refractivity contribution in [2.75, 3.05) is 30.9 Å². The lowest BCUT2D eigenvalue weighted by atomic mass is 10.2. The number of carbonyl (C=O) groups is 1. The van der Waals surface area contributed by atoms with E-state index in [2.05, 4.69) is 10.6 Å². The smallest absolute Gasteiger partial charge is 0.241 e. The van der Waals surface area contributed by atoms with Crippen LogP contribution in [0.5, 0.6) is 0 Å². The summed E-state index contributed by atoms with van der Waals surface area (Å²) in [5.41, 5.74) is 1.86. The predicted octanol–water partition coefficient (Wildman–Crippen LogP) is 0.414. The van der Waals surface area contributed by atoms with Gasteiger partial charge in [0.2, 0.25) is 5.91 Å². The molecule has 2 rings (SSSR count). The third-order valence-electron chi connectivity index (χ3n) is 3.08. The lowest BCUT2D eigenvalue weighted by molar-refractivity contribution is -0.117. The Kier molecular flexibility index (Phi) is 3.84. The third-order valence-corrected chi connectivity index (χ3v) is 3.08. The maximum absolute atomic E-state index is 11.9. The van der Waals surface area contributed by atoms with Crippen molar-refractivity contribution in [3.05, 3.63) is 24.3 Å². The second-order valence-corrected chi connectivity index (χ2v) is 4.78. The first-order chi connectivity index (χ1) is 8.56. The van der Waals surface area contributed by atoms with E-state index >= 15 is 0 Å². The number of nitrogens with zero attached hydrogens (tertiary/aromatic N) is 1.